The van der Waals surface area contributed by atoms with Crippen LogP contribution < -0.4 is 5.46 Å². The predicted molar refractivity (Wildman–Crippen MR) is 65.0 cm³/mol. The van der Waals surface area contributed by atoms with Crippen LogP contribution in [0.5, 0.6) is 0 Å². The standard InChI is InChI=1S/C12H15BO2/c1-3-15-12(14)8-7-10-5-4-6-11(13)9(10)2/h4-8H,3,13H2,1-2H3/b8-7+. The maximum absolute atomic E-state index is 11.1. The molecule has 1 rings (SSSR count). The summed E-state index contributed by atoms with van der Waals surface area (Å²) in [5, 5.41) is 0. The number of hydrogen-bond donors (Lipinski definition) is 0. The van der Waals surface area contributed by atoms with Crippen LogP contribution in [0.4, 0.5) is 0 Å². The lowest BCUT2D eigenvalue weighted by atomic mass is 9.88. The second-order valence-electron chi connectivity index (χ2n) is 3.37. The van der Waals surface area contributed by atoms with E-state index >= 15 is 0 Å². The minimum absolute atomic E-state index is 0.293. The summed E-state index contributed by atoms with van der Waals surface area (Å²) in [5.41, 5.74) is 3.47. The summed E-state index contributed by atoms with van der Waals surface area (Å²) in [6.07, 6.45) is 3.26. The summed E-state index contributed by atoms with van der Waals surface area (Å²) in [7, 11) is 2.05. The number of carbonyl (C=O) groups is 1. The average molecular weight is 202 g/mol. The number of hydrogen-bond acceptors (Lipinski definition) is 2. The highest BCUT2D eigenvalue weighted by molar-refractivity contribution is 6.33. The molecule has 2 nitrogen and oxygen atoms in total. The Morgan fingerprint density at radius 3 is 2.93 bits per heavy atom. The van der Waals surface area contributed by atoms with Gasteiger partial charge in [0.2, 0.25) is 0 Å². The number of benzene rings is 1. The first-order valence-corrected chi connectivity index (χ1v) is 5.06. The van der Waals surface area contributed by atoms with Crippen molar-refractivity contribution >= 4 is 25.4 Å². The minimum Gasteiger partial charge on any atom is -0.463 e. The summed E-state index contributed by atoms with van der Waals surface area (Å²) in [4.78, 5) is 11.1. The Morgan fingerprint density at radius 2 is 2.27 bits per heavy atom. The fourth-order valence-electron chi connectivity index (χ4n) is 1.30. The van der Waals surface area contributed by atoms with Gasteiger partial charge in [0.25, 0.3) is 0 Å². The van der Waals surface area contributed by atoms with E-state index in [2.05, 4.69) is 13.9 Å². The second kappa shape index (κ2) is 5.39. The van der Waals surface area contributed by atoms with Crippen molar-refractivity contribution in [2.45, 2.75) is 13.8 Å². The molecule has 0 heterocycles. The lowest BCUT2D eigenvalue weighted by Crippen LogP contribution is -2.07. The highest BCUT2D eigenvalue weighted by Gasteiger charge is 1.98. The van der Waals surface area contributed by atoms with Crippen molar-refractivity contribution in [1.29, 1.82) is 0 Å². The Kier molecular flexibility index (Phi) is 4.16. The number of ether oxygens (including phenoxy) is 1. The van der Waals surface area contributed by atoms with Crippen LogP contribution in [0.1, 0.15) is 18.1 Å². The van der Waals surface area contributed by atoms with Crippen molar-refractivity contribution in [2.75, 3.05) is 6.61 Å². The molecule has 0 saturated carbocycles. The largest absolute Gasteiger partial charge is 0.463 e. The summed E-state index contributed by atoms with van der Waals surface area (Å²) in [5.74, 6) is -0.293. The van der Waals surface area contributed by atoms with E-state index in [0.29, 0.717) is 6.61 Å². The third kappa shape index (κ3) is 3.28. The lowest BCUT2D eigenvalue weighted by molar-refractivity contribution is -0.137. The van der Waals surface area contributed by atoms with Crippen LogP contribution in [-0.4, -0.2) is 20.4 Å². The molecule has 0 aromatic heterocycles. The first-order chi connectivity index (χ1) is 7.15. The molecule has 0 spiro atoms. The van der Waals surface area contributed by atoms with Crippen molar-refractivity contribution in [3.8, 4) is 0 Å². The average Bonchev–Trinajstić information content (AvgIpc) is 2.21. The van der Waals surface area contributed by atoms with Gasteiger partial charge in [-0.2, -0.15) is 0 Å². The van der Waals surface area contributed by atoms with E-state index in [9.17, 15) is 4.79 Å². The smallest absolute Gasteiger partial charge is 0.330 e. The molecule has 0 atom stereocenters. The maximum atomic E-state index is 11.1. The Labute approximate surface area is 91.4 Å². The molecule has 0 aliphatic carbocycles. The van der Waals surface area contributed by atoms with Gasteiger partial charge < -0.3 is 4.74 Å². The summed E-state index contributed by atoms with van der Waals surface area (Å²) >= 11 is 0. The molecular formula is C12H15BO2. The van der Waals surface area contributed by atoms with E-state index < -0.39 is 0 Å². The van der Waals surface area contributed by atoms with Crippen LogP contribution >= 0.6 is 0 Å². The van der Waals surface area contributed by atoms with E-state index in [1.165, 1.54) is 17.1 Å². The summed E-state index contributed by atoms with van der Waals surface area (Å²) < 4.78 is 4.81. The highest BCUT2D eigenvalue weighted by Crippen LogP contribution is 2.06. The molecule has 0 fully saturated rings. The molecule has 0 bridgehead atoms. The van der Waals surface area contributed by atoms with Gasteiger partial charge in [-0.3, -0.25) is 0 Å². The Balaban J connectivity index is 2.81. The van der Waals surface area contributed by atoms with E-state index in [4.69, 9.17) is 4.74 Å². The Hall–Kier alpha value is -1.51. The highest BCUT2D eigenvalue weighted by atomic mass is 16.5. The van der Waals surface area contributed by atoms with Crippen molar-refractivity contribution in [3.05, 3.63) is 35.4 Å². The van der Waals surface area contributed by atoms with Crippen molar-refractivity contribution in [2.24, 2.45) is 0 Å². The second-order valence-corrected chi connectivity index (χ2v) is 3.37. The molecule has 1 aromatic carbocycles. The van der Waals surface area contributed by atoms with Crippen LogP contribution in [-0.2, 0) is 9.53 Å². The third-order valence-electron chi connectivity index (χ3n) is 2.33. The molecule has 0 aliphatic heterocycles. The summed E-state index contributed by atoms with van der Waals surface area (Å²) in [6, 6.07) is 6.02. The minimum atomic E-state index is -0.293. The molecule has 0 amide bonds. The molecule has 1 aromatic rings. The van der Waals surface area contributed by atoms with E-state index in [-0.39, 0.29) is 5.97 Å². The van der Waals surface area contributed by atoms with E-state index in [1.807, 2.05) is 19.1 Å². The molecule has 0 unspecified atom stereocenters. The first-order valence-electron chi connectivity index (χ1n) is 5.06. The fourth-order valence-corrected chi connectivity index (χ4v) is 1.30. The SMILES string of the molecule is Bc1cccc(/C=C/C(=O)OCC)c1C. The number of rotatable bonds is 3. The zero-order valence-electron chi connectivity index (χ0n) is 9.41. The van der Waals surface area contributed by atoms with Gasteiger partial charge >= 0.3 is 5.97 Å². The lowest BCUT2D eigenvalue weighted by Gasteiger charge is -2.03. The van der Waals surface area contributed by atoms with Crippen molar-refractivity contribution in [3.63, 3.8) is 0 Å². The molecule has 0 saturated heterocycles. The topological polar surface area (TPSA) is 26.3 Å². The Bertz CT molecular complexity index is 383. The molecule has 0 aliphatic rings. The quantitative estimate of drug-likeness (QED) is 0.412. The summed E-state index contributed by atoms with van der Waals surface area (Å²) in [6.45, 7) is 4.25. The van der Waals surface area contributed by atoms with Gasteiger partial charge in [-0.15, -0.1) is 0 Å². The molecule has 78 valence electrons. The normalized spacial score (nSPS) is 10.5. The molecule has 3 heteroatoms. The van der Waals surface area contributed by atoms with Gasteiger partial charge in [-0.1, -0.05) is 29.2 Å². The zero-order chi connectivity index (χ0) is 11.3. The van der Waals surface area contributed by atoms with Crippen LogP contribution in [0, 0.1) is 6.92 Å². The van der Waals surface area contributed by atoms with Gasteiger partial charge in [0, 0.05) is 6.08 Å². The van der Waals surface area contributed by atoms with Gasteiger partial charge in [0.05, 0.1) is 6.61 Å². The van der Waals surface area contributed by atoms with Crippen LogP contribution in [0.3, 0.4) is 0 Å². The fraction of sp³-hybridized carbons (Fsp3) is 0.250. The zero-order valence-corrected chi connectivity index (χ0v) is 9.41. The van der Waals surface area contributed by atoms with Crippen LogP contribution in [0.25, 0.3) is 6.08 Å². The number of esters is 1. The molecule has 0 radical (unpaired) electrons. The third-order valence-corrected chi connectivity index (χ3v) is 2.33. The van der Waals surface area contributed by atoms with Gasteiger partial charge in [-0.25, -0.2) is 4.79 Å². The molecular weight excluding hydrogens is 187 g/mol. The first kappa shape index (κ1) is 11.6. The number of carbonyl (C=O) groups excluding carboxylic acids is 1. The van der Waals surface area contributed by atoms with E-state index in [0.717, 1.165) is 5.56 Å². The van der Waals surface area contributed by atoms with Crippen LogP contribution in [0.2, 0.25) is 0 Å². The molecule has 15 heavy (non-hydrogen) atoms. The van der Waals surface area contributed by atoms with Crippen LogP contribution in [0.15, 0.2) is 24.3 Å². The van der Waals surface area contributed by atoms with Crippen molar-refractivity contribution < 1.29 is 9.53 Å². The monoisotopic (exact) mass is 202 g/mol. The van der Waals surface area contributed by atoms with E-state index in [1.54, 1.807) is 13.0 Å². The van der Waals surface area contributed by atoms with Gasteiger partial charge in [-0.05, 0) is 25.5 Å². The maximum Gasteiger partial charge on any atom is 0.330 e. The van der Waals surface area contributed by atoms with Gasteiger partial charge in [0.15, 0.2) is 0 Å². The van der Waals surface area contributed by atoms with Gasteiger partial charge in [0.1, 0.15) is 7.85 Å². The molecule has 0 N–H and O–H groups in total. The Morgan fingerprint density at radius 1 is 1.53 bits per heavy atom. The van der Waals surface area contributed by atoms with Crippen molar-refractivity contribution in [1.82, 2.24) is 0 Å². The predicted octanol–water partition coefficient (Wildman–Crippen LogP) is 0.830.